The summed E-state index contributed by atoms with van der Waals surface area (Å²) in [5, 5.41) is 10.6. The zero-order valence-electron chi connectivity index (χ0n) is 14.7. The van der Waals surface area contributed by atoms with Gasteiger partial charge in [0.05, 0.1) is 4.91 Å². The number of thioether (sulfide) groups is 1. The van der Waals surface area contributed by atoms with Crippen LogP contribution in [0.2, 0.25) is 0 Å². The van der Waals surface area contributed by atoms with Crippen LogP contribution in [0.4, 0.5) is 4.39 Å². The highest BCUT2D eigenvalue weighted by atomic mass is 32.2. The molecule has 0 spiro atoms. The molecule has 4 rings (SSSR count). The Labute approximate surface area is 156 Å². The normalized spacial score (nSPS) is 25.8. The number of aliphatic imine (C=N–C) groups is 1. The van der Waals surface area contributed by atoms with E-state index >= 15 is 0 Å². The summed E-state index contributed by atoms with van der Waals surface area (Å²) < 4.78 is 13.1. The van der Waals surface area contributed by atoms with Gasteiger partial charge >= 0.3 is 0 Å². The van der Waals surface area contributed by atoms with Crippen molar-refractivity contribution in [3.05, 3.63) is 34.5 Å². The Morgan fingerprint density at radius 3 is 2.88 bits per heavy atom. The van der Waals surface area contributed by atoms with Crippen molar-refractivity contribution in [1.82, 2.24) is 9.80 Å². The Kier molecular flexibility index (Phi) is 4.75. The van der Waals surface area contributed by atoms with Gasteiger partial charge in [0, 0.05) is 43.9 Å². The average molecular weight is 375 g/mol. The molecule has 1 aromatic carbocycles. The molecule has 1 saturated heterocycles. The van der Waals surface area contributed by atoms with E-state index in [-0.39, 0.29) is 11.7 Å². The zero-order chi connectivity index (χ0) is 18.3. The third kappa shape index (κ3) is 3.78. The number of phenolic OH excluding ortho intramolecular Hbond substituents is 1. The van der Waals surface area contributed by atoms with Crippen LogP contribution < -0.4 is 0 Å². The van der Waals surface area contributed by atoms with Crippen LogP contribution >= 0.6 is 11.8 Å². The molecule has 0 unspecified atom stereocenters. The lowest BCUT2D eigenvalue weighted by atomic mass is 10.2. The highest BCUT2D eigenvalue weighted by Crippen LogP contribution is 2.34. The number of carbonyl (C=O) groups excluding carboxylic acids is 1. The minimum Gasteiger partial charge on any atom is -0.507 e. The van der Waals surface area contributed by atoms with Crippen molar-refractivity contribution in [3.8, 4) is 5.75 Å². The van der Waals surface area contributed by atoms with Crippen molar-refractivity contribution in [2.24, 2.45) is 10.9 Å². The first-order valence-electron chi connectivity index (χ1n) is 8.99. The largest absolute Gasteiger partial charge is 0.507 e. The second-order valence-electron chi connectivity index (χ2n) is 7.26. The summed E-state index contributed by atoms with van der Waals surface area (Å²) in [4.78, 5) is 21.6. The maximum absolute atomic E-state index is 13.1. The predicted molar refractivity (Wildman–Crippen MR) is 101 cm³/mol. The third-order valence-electron chi connectivity index (χ3n) is 5.06. The number of halogens is 1. The van der Waals surface area contributed by atoms with E-state index in [4.69, 9.17) is 0 Å². The molecule has 2 fully saturated rings. The van der Waals surface area contributed by atoms with Gasteiger partial charge in [0.2, 0.25) is 0 Å². The summed E-state index contributed by atoms with van der Waals surface area (Å²) >= 11 is 1.33. The molecule has 2 aliphatic heterocycles. The summed E-state index contributed by atoms with van der Waals surface area (Å²) in [5.74, 6) is -0.112. The maximum atomic E-state index is 13.1. The molecule has 1 atom stereocenters. The summed E-state index contributed by atoms with van der Waals surface area (Å²) in [5.41, 5.74) is 0.418. The number of amides is 1. The number of nitrogens with zero attached hydrogens (tertiary/aromatic N) is 3. The summed E-state index contributed by atoms with van der Waals surface area (Å²) in [7, 11) is 0. The van der Waals surface area contributed by atoms with Gasteiger partial charge < -0.3 is 10.0 Å². The zero-order valence-corrected chi connectivity index (χ0v) is 15.5. The van der Waals surface area contributed by atoms with Gasteiger partial charge in [-0.05, 0) is 55.7 Å². The Bertz CT molecular complexity index is 791. The Morgan fingerprint density at radius 2 is 2.19 bits per heavy atom. The number of hydrogen-bond acceptors (Lipinski definition) is 5. The molecule has 1 N–H and O–H groups in total. The first kappa shape index (κ1) is 17.5. The van der Waals surface area contributed by atoms with E-state index in [0.29, 0.717) is 16.5 Å². The highest BCUT2D eigenvalue weighted by molar-refractivity contribution is 8.18. The van der Waals surface area contributed by atoms with Crippen molar-refractivity contribution >= 4 is 28.9 Å². The lowest BCUT2D eigenvalue weighted by Gasteiger charge is -2.40. The third-order valence-corrected chi connectivity index (χ3v) is 6.08. The van der Waals surface area contributed by atoms with Gasteiger partial charge in [0.25, 0.3) is 5.91 Å². The van der Waals surface area contributed by atoms with E-state index in [2.05, 4.69) is 21.7 Å². The topological polar surface area (TPSA) is 56.1 Å². The van der Waals surface area contributed by atoms with Gasteiger partial charge in [-0.2, -0.15) is 4.99 Å². The van der Waals surface area contributed by atoms with Crippen molar-refractivity contribution in [2.75, 3.05) is 26.2 Å². The molecule has 1 amide bonds. The fraction of sp³-hybridized carbons (Fsp3) is 0.474. The van der Waals surface area contributed by atoms with E-state index in [9.17, 15) is 14.3 Å². The molecule has 7 heteroatoms. The number of rotatable bonds is 3. The number of benzene rings is 1. The number of hydrogen-bond donors (Lipinski definition) is 1. The summed E-state index contributed by atoms with van der Waals surface area (Å²) in [6.45, 7) is 6.20. The molecule has 0 bridgehead atoms. The lowest BCUT2D eigenvalue weighted by Crippen LogP contribution is -2.53. The Hall–Kier alpha value is -1.86. The first-order valence-corrected chi connectivity index (χ1v) is 9.81. The molecule has 1 saturated carbocycles. The maximum Gasteiger partial charge on any atom is 0.286 e. The molecular formula is C19H22FN3O2S. The molecule has 1 aliphatic carbocycles. The first-order chi connectivity index (χ1) is 12.5. The average Bonchev–Trinajstić information content (AvgIpc) is 3.32. The van der Waals surface area contributed by atoms with Crippen molar-refractivity contribution in [3.63, 3.8) is 0 Å². The Morgan fingerprint density at radius 1 is 1.38 bits per heavy atom. The van der Waals surface area contributed by atoms with Gasteiger partial charge in [-0.15, -0.1) is 0 Å². The van der Waals surface area contributed by atoms with E-state index in [1.54, 1.807) is 6.08 Å². The minimum absolute atomic E-state index is 0.179. The van der Waals surface area contributed by atoms with Crippen LogP contribution in [0, 0.1) is 11.7 Å². The van der Waals surface area contributed by atoms with Gasteiger partial charge in [-0.3, -0.25) is 9.69 Å². The van der Waals surface area contributed by atoms with E-state index in [0.717, 1.165) is 36.8 Å². The molecule has 5 nitrogen and oxygen atoms in total. The molecule has 26 heavy (non-hydrogen) atoms. The molecular weight excluding hydrogens is 353 g/mol. The second kappa shape index (κ2) is 7.04. The fourth-order valence-corrected chi connectivity index (χ4v) is 4.48. The molecule has 1 aromatic rings. The van der Waals surface area contributed by atoms with Crippen molar-refractivity contribution in [1.29, 1.82) is 0 Å². The van der Waals surface area contributed by atoms with Crippen LogP contribution in [0.15, 0.2) is 28.1 Å². The Balaban J connectivity index is 1.43. The smallest absolute Gasteiger partial charge is 0.286 e. The fourth-order valence-electron chi connectivity index (χ4n) is 3.45. The van der Waals surface area contributed by atoms with Gasteiger partial charge in [0.1, 0.15) is 11.6 Å². The number of piperazine rings is 1. The van der Waals surface area contributed by atoms with Gasteiger partial charge in [0.15, 0.2) is 5.17 Å². The molecule has 3 aliphatic rings. The highest BCUT2D eigenvalue weighted by Gasteiger charge is 2.34. The van der Waals surface area contributed by atoms with Crippen LogP contribution in [-0.2, 0) is 4.79 Å². The number of carbonyl (C=O) groups is 1. The standard InChI is InChI=1S/C19H22FN3O2S/c1-12-10-22(11-13-2-3-13)6-7-23(12)19-21-18(25)17(26-19)8-14-4-5-15(20)9-16(14)24/h4-5,8-9,12-13,24H,2-3,6-7,10-11H2,1H3/b17-8-/t12-/m0/s1. The van der Waals surface area contributed by atoms with Gasteiger partial charge in [-0.1, -0.05) is 0 Å². The lowest BCUT2D eigenvalue weighted by molar-refractivity contribution is -0.113. The number of phenols is 1. The van der Waals surface area contributed by atoms with Crippen molar-refractivity contribution < 1.29 is 14.3 Å². The van der Waals surface area contributed by atoms with Crippen LogP contribution in [0.1, 0.15) is 25.3 Å². The number of aromatic hydroxyl groups is 1. The predicted octanol–water partition coefficient (Wildman–Crippen LogP) is 2.92. The molecule has 0 radical (unpaired) electrons. The van der Waals surface area contributed by atoms with Crippen LogP contribution in [-0.4, -0.2) is 58.2 Å². The van der Waals surface area contributed by atoms with Crippen LogP contribution in [0.3, 0.4) is 0 Å². The summed E-state index contributed by atoms with van der Waals surface area (Å²) in [6, 6.07) is 4.07. The molecule has 138 valence electrons. The summed E-state index contributed by atoms with van der Waals surface area (Å²) in [6.07, 6.45) is 4.29. The number of amidine groups is 1. The van der Waals surface area contributed by atoms with E-state index < -0.39 is 5.82 Å². The van der Waals surface area contributed by atoms with Crippen LogP contribution in [0.25, 0.3) is 6.08 Å². The quantitative estimate of drug-likeness (QED) is 0.824. The van der Waals surface area contributed by atoms with Crippen LogP contribution in [0.5, 0.6) is 5.75 Å². The van der Waals surface area contributed by atoms with E-state index in [1.807, 2.05) is 0 Å². The monoisotopic (exact) mass is 375 g/mol. The molecule has 2 heterocycles. The second-order valence-corrected chi connectivity index (χ2v) is 8.27. The van der Waals surface area contributed by atoms with Crippen molar-refractivity contribution in [2.45, 2.75) is 25.8 Å². The molecule has 0 aromatic heterocycles. The van der Waals surface area contributed by atoms with Gasteiger partial charge in [-0.25, -0.2) is 4.39 Å². The minimum atomic E-state index is -0.509. The van der Waals surface area contributed by atoms with E-state index in [1.165, 1.54) is 43.3 Å². The SMILES string of the molecule is C[C@H]1CN(CC2CC2)CCN1C1=NC(=O)/C(=C/c2ccc(F)cc2O)S1.